The number of fused-ring (bicyclic) bond motifs is 1. The summed E-state index contributed by atoms with van der Waals surface area (Å²) in [6.45, 7) is 6.48. The molecule has 4 heterocycles. The maximum absolute atomic E-state index is 14.2. The van der Waals surface area contributed by atoms with E-state index in [1.807, 2.05) is 47.4 Å². The van der Waals surface area contributed by atoms with Gasteiger partial charge >= 0.3 is 0 Å². The molecule has 34 heavy (non-hydrogen) atoms. The summed E-state index contributed by atoms with van der Waals surface area (Å²) in [7, 11) is 1.90. The Labute approximate surface area is 201 Å². The van der Waals surface area contributed by atoms with Crippen LogP contribution in [0.25, 0.3) is 11.1 Å². The normalized spacial score (nSPS) is 13.9. The molecule has 0 N–H and O–H groups in total. The second-order valence-electron chi connectivity index (χ2n) is 8.55. The van der Waals surface area contributed by atoms with Gasteiger partial charge in [-0.1, -0.05) is 12.1 Å². The summed E-state index contributed by atoms with van der Waals surface area (Å²) in [4.78, 5) is 15.5. The van der Waals surface area contributed by atoms with Gasteiger partial charge < -0.3 is 13.6 Å². The summed E-state index contributed by atoms with van der Waals surface area (Å²) in [6.07, 6.45) is 2.44. The van der Waals surface area contributed by atoms with Gasteiger partial charge in [-0.3, -0.25) is 9.69 Å². The first kappa shape index (κ1) is 22.6. The molecule has 7 nitrogen and oxygen atoms in total. The quantitative estimate of drug-likeness (QED) is 0.408. The van der Waals surface area contributed by atoms with Gasteiger partial charge in [-0.2, -0.15) is 0 Å². The third-order valence-electron chi connectivity index (χ3n) is 6.23. The Morgan fingerprint density at radius 2 is 2.06 bits per heavy atom. The van der Waals surface area contributed by atoms with Crippen molar-refractivity contribution >= 4 is 11.8 Å². The van der Waals surface area contributed by atoms with E-state index >= 15 is 0 Å². The highest BCUT2D eigenvalue weighted by molar-refractivity contribution is 7.99. The molecule has 0 aliphatic carbocycles. The van der Waals surface area contributed by atoms with Crippen molar-refractivity contribution in [3.8, 4) is 11.1 Å². The van der Waals surface area contributed by atoms with Crippen LogP contribution in [0.15, 0.2) is 62.2 Å². The largest absolute Gasteiger partial charge is 0.453 e. The van der Waals surface area contributed by atoms with Crippen LogP contribution >= 0.6 is 11.8 Å². The van der Waals surface area contributed by atoms with Crippen molar-refractivity contribution in [3.05, 3.63) is 81.5 Å². The number of halogens is 1. The van der Waals surface area contributed by atoms with Gasteiger partial charge in [0.2, 0.25) is 0 Å². The average Bonchev–Trinajstić information content (AvgIpc) is 3.44. The van der Waals surface area contributed by atoms with E-state index in [0.29, 0.717) is 36.3 Å². The highest BCUT2D eigenvalue weighted by Gasteiger charge is 2.23. The lowest BCUT2D eigenvalue weighted by Crippen LogP contribution is -2.35. The van der Waals surface area contributed by atoms with E-state index in [2.05, 4.69) is 15.1 Å². The molecule has 0 saturated carbocycles. The minimum absolute atomic E-state index is 0.0607. The molecule has 5 rings (SSSR count). The lowest BCUT2D eigenvalue weighted by Gasteiger charge is -2.30. The Hall–Kier alpha value is -3.17. The third kappa shape index (κ3) is 4.33. The highest BCUT2D eigenvalue weighted by atomic mass is 32.2. The zero-order valence-corrected chi connectivity index (χ0v) is 20.2. The van der Waals surface area contributed by atoms with Gasteiger partial charge in [0, 0.05) is 44.4 Å². The minimum atomic E-state index is -0.299. The van der Waals surface area contributed by atoms with Gasteiger partial charge in [0.15, 0.2) is 10.2 Å². The van der Waals surface area contributed by atoms with Crippen LogP contribution in [-0.2, 0) is 33.1 Å². The molecule has 0 amide bonds. The molecule has 0 bridgehead atoms. The van der Waals surface area contributed by atoms with E-state index in [9.17, 15) is 9.18 Å². The number of hydrogen-bond acceptors (Lipinski definition) is 6. The predicted molar refractivity (Wildman–Crippen MR) is 128 cm³/mol. The molecular formula is C25H26FN5O2S. The Bertz CT molecular complexity index is 1410. The van der Waals surface area contributed by atoms with Crippen LogP contribution in [0.4, 0.5) is 4.39 Å². The fourth-order valence-corrected chi connectivity index (χ4v) is 5.13. The van der Waals surface area contributed by atoms with Gasteiger partial charge in [0.25, 0.3) is 5.56 Å². The Kier molecular flexibility index (Phi) is 6.14. The first-order chi connectivity index (χ1) is 16.4. The number of pyridine rings is 1. The number of rotatable bonds is 6. The van der Waals surface area contributed by atoms with Gasteiger partial charge in [0.05, 0.1) is 6.54 Å². The van der Waals surface area contributed by atoms with E-state index in [1.54, 1.807) is 19.3 Å². The molecule has 176 valence electrons. The molecule has 0 atom stereocenters. The lowest BCUT2D eigenvalue weighted by atomic mass is 9.98. The van der Waals surface area contributed by atoms with Crippen LogP contribution in [0, 0.1) is 12.7 Å². The second-order valence-corrected chi connectivity index (χ2v) is 9.52. The summed E-state index contributed by atoms with van der Waals surface area (Å²) in [5.41, 5.74) is 3.84. The Morgan fingerprint density at radius 1 is 1.21 bits per heavy atom. The molecule has 0 spiro atoms. The summed E-state index contributed by atoms with van der Waals surface area (Å²) >= 11 is 1.44. The topological polar surface area (TPSA) is 69.1 Å². The predicted octanol–water partition coefficient (Wildman–Crippen LogP) is 4.41. The molecule has 1 aliphatic heterocycles. The third-order valence-corrected chi connectivity index (χ3v) is 7.20. The monoisotopic (exact) mass is 479 g/mol. The standard InChI is InChI=1S/C25H26FN5O2S/c1-4-31-22-9-10-30(14-19-7-8-23(33-19)34-25-28-27-15-29(25)3)13-18(22)11-20(24(31)32)17-6-5-16(2)21(26)12-17/h5-8,11-12,15H,4,9-10,13-14H2,1-3H3. The van der Waals surface area contributed by atoms with Gasteiger partial charge in [-0.05, 0) is 66.6 Å². The van der Waals surface area contributed by atoms with Crippen LogP contribution < -0.4 is 5.56 Å². The van der Waals surface area contributed by atoms with Gasteiger partial charge in [-0.15, -0.1) is 10.2 Å². The highest BCUT2D eigenvalue weighted by Crippen LogP contribution is 2.29. The number of benzene rings is 1. The molecule has 0 radical (unpaired) electrons. The van der Waals surface area contributed by atoms with Crippen LogP contribution in [0.3, 0.4) is 0 Å². The van der Waals surface area contributed by atoms with Crippen LogP contribution in [0.5, 0.6) is 0 Å². The first-order valence-corrected chi connectivity index (χ1v) is 12.1. The number of furan rings is 1. The van der Waals surface area contributed by atoms with Crippen molar-refractivity contribution in [2.75, 3.05) is 6.54 Å². The molecule has 0 unspecified atom stereocenters. The molecular weight excluding hydrogens is 453 g/mol. The van der Waals surface area contributed by atoms with Gasteiger partial charge in [0.1, 0.15) is 17.9 Å². The smallest absolute Gasteiger partial charge is 0.258 e. The number of hydrogen-bond donors (Lipinski definition) is 0. The lowest BCUT2D eigenvalue weighted by molar-refractivity contribution is 0.216. The van der Waals surface area contributed by atoms with Crippen molar-refractivity contribution in [1.29, 1.82) is 0 Å². The summed E-state index contributed by atoms with van der Waals surface area (Å²) in [5.74, 6) is 0.574. The number of aromatic nitrogens is 4. The summed E-state index contributed by atoms with van der Waals surface area (Å²) < 4.78 is 23.9. The van der Waals surface area contributed by atoms with Crippen molar-refractivity contribution in [1.82, 2.24) is 24.2 Å². The van der Waals surface area contributed by atoms with Crippen LogP contribution in [-0.4, -0.2) is 30.8 Å². The maximum atomic E-state index is 14.2. The van der Waals surface area contributed by atoms with E-state index in [-0.39, 0.29) is 11.4 Å². The minimum Gasteiger partial charge on any atom is -0.453 e. The molecule has 1 aliphatic rings. The SMILES string of the molecule is CCn1c2c(cc(-c3ccc(C)c(F)c3)c1=O)CN(Cc1ccc(Sc3nncn3C)o1)CC2. The molecule has 0 saturated heterocycles. The van der Waals surface area contributed by atoms with E-state index in [4.69, 9.17) is 4.42 Å². The van der Waals surface area contributed by atoms with E-state index in [0.717, 1.165) is 40.2 Å². The van der Waals surface area contributed by atoms with Crippen LogP contribution in [0.2, 0.25) is 0 Å². The zero-order valence-electron chi connectivity index (χ0n) is 19.4. The van der Waals surface area contributed by atoms with Crippen molar-refractivity contribution in [2.45, 2.75) is 50.2 Å². The maximum Gasteiger partial charge on any atom is 0.258 e. The Balaban J connectivity index is 1.38. The fourth-order valence-electron chi connectivity index (χ4n) is 4.39. The molecule has 9 heteroatoms. The molecule has 1 aromatic carbocycles. The number of nitrogens with zero attached hydrogens (tertiary/aromatic N) is 5. The van der Waals surface area contributed by atoms with Crippen LogP contribution in [0.1, 0.15) is 29.5 Å². The molecule has 4 aromatic rings. The van der Waals surface area contributed by atoms with E-state index < -0.39 is 0 Å². The molecule has 0 fully saturated rings. The van der Waals surface area contributed by atoms with Crippen molar-refractivity contribution in [3.63, 3.8) is 0 Å². The summed E-state index contributed by atoms with van der Waals surface area (Å²) in [5, 5.41) is 9.52. The molecule has 3 aromatic heterocycles. The van der Waals surface area contributed by atoms with Crippen molar-refractivity contribution in [2.24, 2.45) is 7.05 Å². The van der Waals surface area contributed by atoms with Crippen molar-refractivity contribution < 1.29 is 8.81 Å². The Morgan fingerprint density at radius 3 is 2.79 bits per heavy atom. The first-order valence-electron chi connectivity index (χ1n) is 11.3. The zero-order chi connectivity index (χ0) is 23.8. The average molecular weight is 480 g/mol. The second kappa shape index (κ2) is 9.23. The van der Waals surface area contributed by atoms with Gasteiger partial charge in [-0.25, -0.2) is 4.39 Å². The fraction of sp³-hybridized carbons (Fsp3) is 0.320. The van der Waals surface area contributed by atoms with E-state index in [1.165, 1.54) is 17.8 Å². The summed E-state index contributed by atoms with van der Waals surface area (Å²) in [6, 6.07) is 10.9. The number of aryl methyl sites for hydroxylation is 2.